The van der Waals surface area contributed by atoms with Gasteiger partial charge in [-0.2, -0.15) is 0 Å². The Bertz CT molecular complexity index is 349. The summed E-state index contributed by atoms with van der Waals surface area (Å²) < 4.78 is 0. The fourth-order valence-electron chi connectivity index (χ4n) is 1.37. The number of phenols is 1. The van der Waals surface area contributed by atoms with Crippen molar-refractivity contribution in [2.24, 2.45) is 4.99 Å². The zero-order chi connectivity index (χ0) is 9.80. The van der Waals surface area contributed by atoms with E-state index in [9.17, 15) is 5.11 Å². The number of nitrogens with one attached hydrogen (secondary N) is 2. The molecule has 2 rings (SSSR count). The largest absolute Gasteiger partial charge is 0.508 e. The normalized spacial score (nSPS) is 14.7. The van der Waals surface area contributed by atoms with Crippen LogP contribution in [0.15, 0.2) is 29.3 Å². The Labute approximate surface area is 82.7 Å². The second kappa shape index (κ2) is 4.00. The van der Waals surface area contributed by atoms with Gasteiger partial charge in [0.15, 0.2) is 0 Å². The van der Waals surface area contributed by atoms with Crippen LogP contribution in [0.4, 0.5) is 5.69 Å². The molecule has 14 heavy (non-hydrogen) atoms. The first kappa shape index (κ1) is 8.87. The van der Waals surface area contributed by atoms with E-state index in [0.29, 0.717) is 6.54 Å². The average molecular weight is 191 g/mol. The molecular formula is C10H13N3O. The maximum absolute atomic E-state index is 9.22. The lowest BCUT2D eigenvalue weighted by atomic mass is 10.3. The van der Waals surface area contributed by atoms with E-state index in [-0.39, 0.29) is 5.75 Å². The van der Waals surface area contributed by atoms with E-state index in [2.05, 4.69) is 15.6 Å². The van der Waals surface area contributed by atoms with Gasteiger partial charge in [0, 0.05) is 18.3 Å². The molecule has 0 saturated carbocycles. The van der Waals surface area contributed by atoms with Gasteiger partial charge in [0.05, 0.1) is 13.1 Å². The Hall–Kier alpha value is -1.71. The molecule has 0 amide bonds. The van der Waals surface area contributed by atoms with Crippen LogP contribution in [0.5, 0.6) is 5.75 Å². The first-order valence-corrected chi connectivity index (χ1v) is 4.65. The minimum Gasteiger partial charge on any atom is -0.508 e. The van der Waals surface area contributed by atoms with E-state index in [0.717, 1.165) is 24.6 Å². The highest BCUT2D eigenvalue weighted by atomic mass is 16.3. The summed E-state index contributed by atoms with van der Waals surface area (Å²) in [5.41, 5.74) is 0.904. The molecule has 0 aromatic heterocycles. The summed E-state index contributed by atoms with van der Waals surface area (Å²) in [7, 11) is 0. The fraction of sp³-hybridized carbons (Fsp3) is 0.300. The number of aromatic hydroxyl groups is 1. The zero-order valence-electron chi connectivity index (χ0n) is 7.83. The van der Waals surface area contributed by atoms with E-state index in [1.165, 1.54) is 0 Å². The number of hydrogen-bond acceptors (Lipinski definition) is 4. The van der Waals surface area contributed by atoms with Crippen LogP contribution in [-0.2, 0) is 0 Å². The lowest BCUT2D eigenvalue weighted by Gasteiger charge is -2.06. The third-order valence-electron chi connectivity index (χ3n) is 2.05. The minimum atomic E-state index is 0.274. The van der Waals surface area contributed by atoms with Crippen molar-refractivity contribution in [3.63, 3.8) is 0 Å². The van der Waals surface area contributed by atoms with Crippen molar-refractivity contribution in [1.82, 2.24) is 5.32 Å². The molecule has 0 aliphatic carbocycles. The number of aliphatic imine (C=N–C) groups is 1. The summed E-state index contributed by atoms with van der Waals surface area (Å²) in [6, 6.07) is 7.06. The van der Waals surface area contributed by atoms with Gasteiger partial charge in [0.25, 0.3) is 0 Å². The third-order valence-corrected chi connectivity index (χ3v) is 2.05. The maximum Gasteiger partial charge on any atom is 0.117 e. The average Bonchev–Trinajstić information content (AvgIpc) is 2.67. The van der Waals surface area contributed by atoms with E-state index in [1.54, 1.807) is 12.1 Å². The summed E-state index contributed by atoms with van der Waals surface area (Å²) in [6.45, 7) is 2.47. The molecule has 1 aliphatic heterocycles. The standard InChI is InChI=1S/C10H13N3O/c14-9-3-1-2-8(6-9)13-7-10-11-4-5-12-10/h1-3,6,13-14H,4-5,7H2,(H,11,12). The van der Waals surface area contributed by atoms with Gasteiger partial charge in [-0.25, -0.2) is 0 Å². The van der Waals surface area contributed by atoms with Crippen molar-refractivity contribution in [3.05, 3.63) is 24.3 Å². The highest BCUT2D eigenvalue weighted by Crippen LogP contribution is 2.14. The molecular weight excluding hydrogens is 178 g/mol. The second-order valence-corrected chi connectivity index (χ2v) is 3.16. The molecule has 0 atom stereocenters. The topological polar surface area (TPSA) is 56.6 Å². The van der Waals surface area contributed by atoms with Gasteiger partial charge in [-0.1, -0.05) is 6.07 Å². The summed E-state index contributed by atoms with van der Waals surface area (Å²) in [4.78, 5) is 4.25. The highest BCUT2D eigenvalue weighted by Gasteiger charge is 2.03. The number of benzene rings is 1. The maximum atomic E-state index is 9.22. The van der Waals surface area contributed by atoms with E-state index >= 15 is 0 Å². The SMILES string of the molecule is Oc1cccc(NCC2=NCCN2)c1. The van der Waals surface area contributed by atoms with Crippen LogP contribution in [0.2, 0.25) is 0 Å². The molecule has 0 bridgehead atoms. The Morgan fingerprint density at radius 2 is 2.43 bits per heavy atom. The lowest BCUT2D eigenvalue weighted by molar-refractivity contribution is 0.475. The van der Waals surface area contributed by atoms with Crippen molar-refractivity contribution in [2.45, 2.75) is 0 Å². The van der Waals surface area contributed by atoms with Gasteiger partial charge in [-0.05, 0) is 12.1 Å². The molecule has 4 nitrogen and oxygen atoms in total. The number of amidine groups is 1. The summed E-state index contributed by atoms with van der Waals surface area (Å²) in [5.74, 6) is 1.25. The van der Waals surface area contributed by atoms with Gasteiger partial charge in [-0.15, -0.1) is 0 Å². The lowest BCUT2D eigenvalue weighted by Crippen LogP contribution is -2.25. The molecule has 1 aromatic carbocycles. The Kier molecular flexibility index (Phi) is 2.53. The molecule has 1 aromatic rings. The summed E-state index contributed by atoms with van der Waals surface area (Å²) in [6.07, 6.45) is 0. The van der Waals surface area contributed by atoms with Crippen molar-refractivity contribution in [3.8, 4) is 5.75 Å². The van der Waals surface area contributed by atoms with Crippen molar-refractivity contribution in [1.29, 1.82) is 0 Å². The predicted octanol–water partition coefficient (Wildman–Crippen LogP) is 0.806. The van der Waals surface area contributed by atoms with Crippen LogP contribution >= 0.6 is 0 Å². The Morgan fingerprint density at radius 1 is 1.50 bits per heavy atom. The minimum absolute atomic E-state index is 0.274. The Balaban J connectivity index is 1.91. The molecule has 0 spiro atoms. The smallest absolute Gasteiger partial charge is 0.117 e. The first-order chi connectivity index (χ1) is 6.84. The molecule has 3 N–H and O–H groups in total. The van der Waals surface area contributed by atoms with Crippen LogP contribution < -0.4 is 10.6 Å². The molecule has 1 aliphatic rings. The number of hydrogen-bond donors (Lipinski definition) is 3. The molecule has 0 fully saturated rings. The molecule has 74 valence electrons. The van der Waals surface area contributed by atoms with E-state index < -0.39 is 0 Å². The van der Waals surface area contributed by atoms with Crippen molar-refractivity contribution < 1.29 is 5.11 Å². The number of nitrogens with zero attached hydrogens (tertiary/aromatic N) is 1. The van der Waals surface area contributed by atoms with Crippen molar-refractivity contribution >= 4 is 11.5 Å². The van der Waals surface area contributed by atoms with Gasteiger partial charge in [0.1, 0.15) is 11.6 Å². The molecule has 0 unspecified atom stereocenters. The van der Waals surface area contributed by atoms with Gasteiger partial charge >= 0.3 is 0 Å². The van der Waals surface area contributed by atoms with Gasteiger partial charge in [0.2, 0.25) is 0 Å². The van der Waals surface area contributed by atoms with Gasteiger partial charge < -0.3 is 15.7 Å². The van der Waals surface area contributed by atoms with Crippen LogP contribution in [0.1, 0.15) is 0 Å². The molecule has 0 radical (unpaired) electrons. The predicted molar refractivity (Wildman–Crippen MR) is 56.9 cm³/mol. The summed E-state index contributed by atoms with van der Waals surface area (Å²) >= 11 is 0. The molecule has 0 saturated heterocycles. The third kappa shape index (κ3) is 2.16. The first-order valence-electron chi connectivity index (χ1n) is 4.65. The summed E-state index contributed by atoms with van der Waals surface area (Å²) in [5, 5.41) is 15.6. The van der Waals surface area contributed by atoms with E-state index in [1.807, 2.05) is 12.1 Å². The van der Waals surface area contributed by atoms with Crippen LogP contribution in [-0.4, -0.2) is 30.6 Å². The van der Waals surface area contributed by atoms with Crippen LogP contribution in [0.3, 0.4) is 0 Å². The van der Waals surface area contributed by atoms with Crippen molar-refractivity contribution in [2.75, 3.05) is 25.0 Å². The van der Waals surface area contributed by atoms with Gasteiger partial charge in [-0.3, -0.25) is 4.99 Å². The van der Waals surface area contributed by atoms with E-state index in [4.69, 9.17) is 0 Å². The second-order valence-electron chi connectivity index (χ2n) is 3.16. The molecule has 4 heteroatoms. The Morgan fingerprint density at radius 3 is 3.14 bits per heavy atom. The number of anilines is 1. The fourth-order valence-corrected chi connectivity index (χ4v) is 1.37. The monoisotopic (exact) mass is 191 g/mol. The number of rotatable bonds is 3. The quantitative estimate of drug-likeness (QED) is 0.662. The number of phenolic OH excluding ortho intramolecular Hbond substituents is 1. The highest BCUT2D eigenvalue weighted by molar-refractivity contribution is 5.87. The zero-order valence-corrected chi connectivity index (χ0v) is 7.83. The molecule has 1 heterocycles. The van der Waals surface area contributed by atoms with Crippen LogP contribution in [0, 0.1) is 0 Å². The van der Waals surface area contributed by atoms with Crippen LogP contribution in [0.25, 0.3) is 0 Å².